The molecule has 3 atom stereocenters. The van der Waals surface area contributed by atoms with Gasteiger partial charge in [0.25, 0.3) is 5.60 Å². The molecular weight excluding hydrogens is 343 g/mol. The van der Waals surface area contributed by atoms with Crippen molar-refractivity contribution in [3.05, 3.63) is 58.2 Å². The average Bonchev–Trinajstić information content (AvgIpc) is 2.94. The Morgan fingerprint density at radius 2 is 1.92 bits per heavy atom. The Balaban J connectivity index is 2.23. The number of carbonyl (C=O) groups excluding carboxylic acids is 1. The second kappa shape index (κ2) is 7.22. The number of rotatable bonds is 6. The lowest BCUT2D eigenvalue weighted by atomic mass is 9.92. The van der Waals surface area contributed by atoms with Crippen molar-refractivity contribution in [3.63, 3.8) is 0 Å². The summed E-state index contributed by atoms with van der Waals surface area (Å²) in [5.41, 5.74) is -3.66. The molecule has 0 fully saturated rings. The van der Waals surface area contributed by atoms with E-state index in [1.165, 1.54) is 30.4 Å². The molecule has 6 nitrogen and oxygen atoms in total. The Bertz CT molecular complexity index is 661. The molecule has 0 radical (unpaired) electrons. The fourth-order valence-electron chi connectivity index (χ4n) is 2.76. The van der Waals surface area contributed by atoms with Gasteiger partial charge in [-0.25, -0.2) is 4.79 Å². The molecule has 0 unspecified atom stereocenters. The third-order valence-corrected chi connectivity index (χ3v) is 3.95. The first kappa shape index (κ1) is 18.9. The third-order valence-electron chi connectivity index (χ3n) is 3.95. The SMILES string of the molecule is CO[C@@](C(=O)O[C@H]1C=C[C@@H](C[N+](=O)[O-])C1)(c1ccccc1)C(F)(F)F. The highest BCUT2D eigenvalue weighted by atomic mass is 19.4. The summed E-state index contributed by atoms with van der Waals surface area (Å²) in [6.45, 7) is -0.377. The van der Waals surface area contributed by atoms with Crippen LogP contribution in [0.4, 0.5) is 13.2 Å². The highest BCUT2D eigenvalue weighted by Gasteiger charge is 2.64. The minimum absolute atomic E-state index is 0.0547. The van der Waals surface area contributed by atoms with Crippen LogP contribution >= 0.6 is 0 Å². The molecule has 0 aliphatic heterocycles. The van der Waals surface area contributed by atoms with Crippen LogP contribution in [0.5, 0.6) is 0 Å². The smallest absolute Gasteiger partial charge is 0.432 e. The second-order valence-corrected chi connectivity index (χ2v) is 5.59. The summed E-state index contributed by atoms with van der Waals surface area (Å²) < 4.78 is 50.7. The molecule has 0 amide bonds. The van der Waals surface area contributed by atoms with E-state index < -0.39 is 40.3 Å². The highest BCUT2D eigenvalue weighted by molar-refractivity contribution is 5.83. The first-order chi connectivity index (χ1) is 11.7. The number of hydrogen-bond acceptors (Lipinski definition) is 5. The molecule has 0 N–H and O–H groups in total. The van der Waals surface area contributed by atoms with Crippen LogP contribution in [0.1, 0.15) is 12.0 Å². The van der Waals surface area contributed by atoms with Crippen LogP contribution in [0.2, 0.25) is 0 Å². The van der Waals surface area contributed by atoms with Crippen LogP contribution < -0.4 is 0 Å². The first-order valence-corrected chi connectivity index (χ1v) is 7.39. The lowest BCUT2D eigenvalue weighted by molar-refractivity contribution is -0.486. The van der Waals surface area contributed by atoms with Crippen LogP contribution in [-0.4, -0.2) is 36.8 Å². The zero-order valence-corrected chi connectivity index (χ0v) is 13.2. The largest absolute Gasteiger partial charge is 0.455 e. The molecule has 0 saturated carbocycles. The predicted molar refractivity (Wildman–Crippen MR) is 80.2 cm³/mol. The summed E-state index contributed by atoms with van der Waals surface area (Å²) in [5, 5.41) is 10.5. The number of benzene rings is 1. The van der Waals surface area contributed by atoms with Gasteiger partial charge in [-0.1, -0.05) is 36.4 Å². The summed E-state index contributed by atoms with van der Waals surface area (Å²) in [6, 6.07) is 6.46. The van der Waals surface area contributed by atoms with Gasteiger partial charge >= 0.3 is 12.1 Å². The molecule has 0 heterocycles. The number of methoxy groups -OCH3 is 1. The van der Waals surface area contributed by atoms with Gasteiger partial charge in [0.15, 0.2) is 0 Å². The lowest BCUT2D eigenvalue weighted by Gasteiger charge is -2.33. The summed E-state index contributed by atoms with van der Waals surface area (Å²) in [5.74, 6) is -2.10. The second-order valence-electron chi connectivity index (χ2n) is 5.59. The summed E-state index contributed by atoms with van der Waals surface area (Å²) in [6.07, 6.45) is -3.15. The minimum Gasteiger partial charge on any atom is -0.455 e. The lowest BCUT2D eigenvalue weighted by Crippen LogP contribution is -2.52. The molecule has 2 rings (SSSR count). The number of carbonyl (C=O) groups is 1. The normalized spacial score (nSPS) is 22.4. The van der Waals surface area contributed by atoms with Gasteiger partial charge in [0.1, 0.15) is 6.10 Å². The van der Waals surface area contributed by atoms with E-state index >= 15 is 0 Å². The van der Waals surface area contributed by atoms with Gasteiger partial charge in [-0.15, -0.1) is 0 Å². The van der Waals surface area contributed by atoms with Crippen molar-refractivity contribution in [2.75, 3.05) is 13.7 Å². The first-order valence-electron chi connectivity index (χ1n) is 7.39. The standard InChI is InChI=1S/C16H16F3NO5/c1-24-15(16(17,18)19,12-5-3-2-4-6-12)14(21)25-13-8-7-11(9-13)10-20(22)23/h2-8,11,13H,9-10H2,1H3/t11-,13+,15-/m1/s1. The van der Waals surface area contributed by atoms with Crippen molar-refractivity contribution in [1.82, 2.24) is 0 Å². The Hall–Kier alpha value is -2.42. The highest BCUT2D eigenvalue weighted by Crippen LogP contribution is 2.43. The van der Waals surface area contributed by atoms with Gasteiger partial charge in [-0.3, -0.25) is 10.1 Å². The maximum absolute atomic E-state index is 13.7. The van der Waals surface area contributed by atoms with Crippen molar-refractivity contribution in [2.45, 2.75) is 24.3 Å². The number of hydrogen-bond donors (Lipinski definition) is 0. The Morgan fingerprint density at radius 1 is 1.28 bits per heavy atom. The molecule has 136 valence electrons. The van der Waals surface area contributed by atoms with E-state index in [0.717, 1.165) is 19.2 Å². The fraction of sp³-hybridized carbons (Fsp3) is 0.438. The predicted octanol–water partition coefficient (Wildman–Crippen LogP) is 2.86. The molecule has 1 aliphatic rings. The summed E-state index contributed by atoms with van der Waals surface area (Å²) in [4.78, 5) is 22.4. The maximum atomic E-state index is 13.7. The average molecular weight is 359 g/mol. The van der Waals surface area contributed by atoms with Crippen LogP contribution in [0, 0.1) is 16.0 Å². The zero-order chi connectivity index (χ0) is 18.7. The quantitative estimate of drug-likeness (QED) is 0.338. The molecule has 25 heavy (non-hydrogen) atoms. The monoisotopic (exact) mass is 359 g/mol. The third kappa shape index (κ3) is 3.81. The van der Waals surface area contributed by atoms with E-state index in [-0.39, 0.29) is 13.0 Å². The van der Waals surface area contributed by atoms with E-state index in [1.807, 2.05) is 0 Å². The van der Waals surface area contributed by atoms with Crippen molar-refractivity contribution in [3.8, 4) is 0 Å². The maximum Gasteiger partial charge on any atom is 0.432 e. The van der Waals surface area contributed by atoms with Crippen LogP contribution in [0.25, 0.3) is 0 Å². The van der Waals surface area contributed by atoms with Gasteiger partial charge in [0.2, 0.25) is 6.54 Å². The van der Waals surface area contributed by atoms with Gasteiger partial charge in [-0.2, -0.15) is 13.2 Å². The van der Waals surface area contributed by atoms with Crippen LogP contribution in [0.3, 0.4) is 0 Å². The Labute approximate surface area is 141 Å². The molecule has 0 aromatic heterocycles. The van der Waals surface area contributed by atoms with Gasteiger partial charge < -0.3 is 9.47 Å². The molecule has 1 aromatic carbocycles. The van der Waals surface area contributed by atoms with E-state index in [2.05, 4.69) is 4.74 Å². The molecule has 9 heteroatoms. The van der Waals surface area contributed by atoms with Crippen molar-refractivity contribution in [2.24, 2.45) is 5.92 Å². The van der Waals surface area contributed by atoms with E-state index in [0.29, 0.717) is 0 Å². The number of ether oxygens (including phenoxy) is 2. The number of nitrogens with zero attached hydrogens (tertiary/aromatic N) is 1. The fourth-order valence-corrected chi connectivity index (χ4v) is 2.76. The number of halogens is 3. The zero-order valence-electron chi connectivity index (χ0n) is 13.2. The van der Waals surface area contributed by atoms with E-state index in [1.54, 1.807) is 0 Å². The number of esters is 1. The summed E-state index contributed by atoms with van der Waals surface area (Å²) in [7, 11) is 0.780. The van der Waals surface area contributed by atoms with Gasteiger partial charge in [-0.05, 0) is 6.08 Å². The molecule has 0 spiro atoms. The van der Waals surface area contributed by atoms with Crippen LogP contribution in [-0.2, 0) is 19.9 Å². The van der Waals surface area contributed by atoms with Gasteiger partial charge in [0, 0.05) is 29.9 Å². The summed E-state index contributed by atoms with van der Waals surface area (Å²) >= 11 is 0. The van der Waals surface area contributed by atoms with Crippen molar-refractivity contribution < 1.29 is 32.4 Å². The van der Waals surface area contributed by atoms with Crippen LogP contribution in [0.15, 0.2) is 42.5 Å². The molecular formula is C16H16F3NO5. The van der Waals surface area contributed by atoms with Gasteiger partial charge in [0.05, 0.1) is 0 Å². The number of nitro groups is 1. The molecule has 0 bridgehead atoms. The number of alkyl halides is 3. The van der Waals surface area contributed by atoms with Crippen molar-refractivity contribution >= 4 is 5.97 Å². The van der Waals surface area contributed by atoms with Crippen molar-refractivity contribution in [1.29, 1.82) is 0 Å². The van der Waals surface area contributed by atoms with E-state index in [4.69, 9.17) is 4.74 Å². The molecule has 1 aromatic rings. The molecule has 0 saturated heterocycles. The van der Waals surface area contributed by atoms with E-state index in [9.17, 15) is 28.1 Å². The molecule has 1 aliphatic carbocycles. The topological polar surface area (TPSA) is 78.7 Å². The Kier molecular flexibility index (Phi) is 5.46. The Morgan fingerprint density at radius 3 is 2.44 bits per heavy atom. The minimum atomic E-state index is -5.05.